The van der Waals surface area contributed by atoms with Crippen molar-refractivity contribution in [3.05, 3.63) is 66.0 Å². The largest absolute Gasteiger partial charge is 0.493 e. The summed E-state index contributed by atoms with van der Waals surface area (Å²) in [5.41, 5.74) is 2.12. The number of rotatable bonds is 7. The summed E-state index contributed by atoms with van der Waals surface area (Å²) < 4.78 is 10.5. The summed E-state index contributed by atoms with van der Waals surface area (Å²) in [6.45, 7) is 0.479. The van der Waals surface area contributed by atoms with Crippen LogP contribution < -0.4 is 14.8 Å². The van der Waals surface area contributed by atoms with Gasteiger partial charge in [-0.25, -0.2) is 0 Å². The quantitative estimate of drug-likeness (QED) is 0.706. The number of hydrogen-bond acceptors (Lipinski definition) is 5. The van der Waals surface area contributed by atoms with E-state index in [0.717, 1.165) is 11.3 Å². The molecule has 7 heteroatoms. The van der Waals surface area contributed by atoms with Crippen LogP contribution in [0.3, 0.4) is 0 Å². The fraction of sp³-hybridized carbons (Fsp3) is 0.211. The molecule has 0 aliphatic carbocycles. The van der Waals surface area contributed by atoms with E-state index in [1.54, 1.807) is 14.2 Å². The number of benzene rings is 2. The summed E-state index contributed by atoms with van der Waals surface area (Å²) in [4.78, 5) is 13.7. The third-order valence-electron chi connectivity index (χ3n) is 3.86. The maximum Gasteiger partial charge on any atom is 0.273 e. The highest BCUT2D eigenvalue weighted by molar-refractivity contribution is 5.91. The molecule has 0 saturated carbocycles. The molecule has 0 aliphatic heterocycles. The van der Waals surface area contributed by atoms with Crippen molar-refractivity contribution in [2.75, 3.05) is 20.8 Å². The molecule has 0 unspecified atom stereocenters. The van der Waals surface area contributed by atoms with Crippen LogP contribution in [0, 0.1) is 0 Å². The third-order valence-corrected chi connectivity index (χ3v) is 3.86. The lowest BCUT2D eigenvalue weighted by Gasteiger charge is -2.09. The SMILES string of the molecule is COc1ccc(CCNC(=O)c2cnn(-c3ccccc3)n2)cc1OC. The predicted molar refractivity (Wildman–Crippen MR) is 96.9 cm³/mol. The minimum Gasteiger partial charge on any atom is -0.493 e. The van der Waals surface area contributed by atoms with E-state index >= 15 is 0 Å². The van der Waals surface area contributed by atoms with Crippen molar-refractivity contribution in [3.63, 3.8) is 0 Å². The maximum absolute atomic E-state index is 12.2. The lowest BCUT2D eigenvalue weighted by Crippen LogP contribution is -2.26. The number of nitrogens with one attached hydrogen (secondary N) is 1. The molecule has 0 spiro atoms. The first kappa shape index (κ1) is 17.5. The van der Waals surface area contributed by atoms with Gasteiger partial charge in [-0.1, -0.05) is 24.3 Å². The molecule has 3 aromatic rings. The number of para-hydroxylation sites is 1. The van der Waals surface area contributed by atoms with Gasteiger partial charge in [0.05, 0.1) is 26.1 Å². The zero-order valence-electron chi connectivity index (χ0n) is 14.7. The fourth-order valence-electron chi connectivity index (χ4n) is 2.50. The van der Waals surface area contributed by atoms with Crippen molar-refractivity contribution >= 4 is 5.91 Å². The number of aromatic nitrogens is 3. The minimum atomic E-state index is -0.257. The second-order valence-corrected chi connectivity index (χ2v) is 5.55. The van der Waals surface area contributed by atoms with Gasteiger partial charge in [0.1, 0.15) is 0 Å². The minimum absolute atomic E-state index is 0.257. The van der Waals surface area contributed by atoms with E-state index in [9.17, 15) is 4.79 Å². The molecule has 1 amide bonds. The molecular weight excluding hydrogens is 332 g/mol. The summed E-state index contributed by atoms with van der Waals surface area (Å²) in [6, 6.07) is 15.1. The summed E-state index contributed by atoms with van der Waals surface area (Å²) in [7, 11) is 3.19. The highest BCUT2D eigenvalue weighted by Gasteiger charge is 2.11. The molecule has 7 nitrogen and oxygen atoms in total. The predicted octanol–water partition coefficient (Wildman–Crippen LogP) is 2.26. The van der Waals surface area contributed by atoms with Gasteiger partial charge in [-0.3, -0.25) is 4.79 Å². The molecule has 134 valence electrons. The van der Waals surface area contributed by atoms with E-state index in [2.05, 4.69) is 15.5 Å². The first-order valence-electron chi connectivity index (χ1n) is 8.18. The molecule has 1 aromatic heterocycles. The summed E-state index contributed by atoms with van der Waals surface area (Å²) in [5.74, 6) is 1.09. The van der Waals surface area contributed by atoms with Gasteiger partial charge < -0.3 is 14.8 Å². The van der Waals surface area contributed by atoms with E-state index in [4.69, 9.17) is 9.47 Å². The third kappa shape index (κ3) is 4.00. The summed E-state index contributed by atoms with van der Waals surface area (Å²) >= 11 is 0. The van der Waals surface area contributed by atoms with Crippen molar-refractivity contribution in [1.29, 1.82) is 0 Å². The molecule has 0 atom stereocenters. The molecule has 1 N–H and O–H groups in total. The zero-order valence-corrected chi connectivity index (χ0v) is 14.7. The van der Waals surface area contributed by atoms with E-state index in [1.807, 2.05) is 48.5 Å². The topological polar surface area (TPSA) is 78.3 Å². The number of ether oxygens (including phenoxy) is 2. The smallest absolute Gasteiger partial charge is 0.273 e. The van der Waals surface area contributed by atoms with Gasteiger partial charge in [-0.05, 0) is 36.2 Å². The van der Waals surface area contributed by atoms with E-state index < -0.39 is 0 Å². The Morgan fingerprint density at radius 1 is 1.08 bits per heavy atom. The molecule has 26 heavy (non-hydrogen) atoms. The molecule has 0 aliphatic rings. The lowest BCUT2D eigenvalue weighted by molar-refractivity contribution is 0.0948. The molecule has 3 rings (SSSR count). The van der Waals surface area contributed by atoms with Crippen LogP contribution in [-0.2, 0) is 6.42 Å². The van der Waals surface area contributed by atoms with Gasteiger partial charge in [-0.15, -0.1) is 5.10 Å². The zero-order chi connectivity index (χ0) is 18.4. The monoisotopic (exact) mass is 352 g/mol. The highest BCUT2D eigenvalue weighted by Crippen LogP contribution is 2.27. The average molecular weight is 352 g/mol. The molecule has 1 heterocycles. The number of hydrogen-bond donors (Lipinski definition) is 1. The van der Waals surface area contributed by atoms with Gasteiger partial charge >= 0.3 is 0 Å². The van der Waals surface area contributed by atoms with Crippen molar-refractivity contribution in [3.8, 4) is 17.2 Å². The Bertz CT molecular complexity index is 878. The van der Waals surface area contributed by atoms with Gasteiger partial charge in [0, 0.05) is 6.54 Å². The first-order valence-corrected chi connectivity index (χ1v) is 8.18. The normalized spacial score (nSPS) is 10.4. The molecule has 0 fully saturated rings. The van der Waals surface area contributed by atoms with Crippen LogP contribution in [0.2, 0.25) is 0 Å². The van der Waals surface area contributed by atoms with E-state index in [-0.39, 0.29) is 11.6 Å². The summed E-state index contributed by atoms with van der Waals surface area (Å²) in [6.07, 6.45) is 2.12. The highest BCUT2D eigenvalue weighted by atomic mass is 16.5. The second-order valence-electron chi connectivity index (χ2n) is 5.55. The molecule has 0 bridgehead atoms. The Kier molecular flexibility index (Phi) is 5.48. The number of methoxy groups -OCH3 is 2. The van der Waals surface area contributed by atoms with Gasteiger partial charge in [-0.2, -0.15) is 9.90 Å². The van der Waals surface area contributed by atoms with Gasteiger partial charge in [0.25, 0.3) is 5.91 Å². The Labute approximate surface area is 151 Å². The average Bonchev–Trinajstić information content (AvgIpc) is 3.19. The molecular formula is C19H20N4O3. The van der Waals surface area contributed by atoms with E-state index in [0.29, 0.717) is 24.5 Å². The van der Waals surface area contributed by atoms with Crippen LogP contribution >= 0.6 is 0 Å². The van der Waals surface area contributed by atoms with Crippen molar-refractivity contribution in [1.82, 2.24) is 20.3 Å². The van der Waals surface area contributed by atoms with E-state index in [1.165, 1.54) is 11.0 Å². The Balaban J connectivity index is 1.57. The number of nitrogens with zero attached hydrogens (tertiary/aromatic N) is 3. The molecule has 2 aromatic carbocycles. The fourth-order valence-corrected chi connectivity index (χ4v) is 2.50. The van der Waals surface area contributed by atoms with Crippen LogP contribution in [0.4, 0.5) is 0 Å². The second kappa shape index (κ2) is 8.15. The van der Waals surface area contributed by atoms with Crippen LogP contribution in [0.5, 0.6) is 11.5 Å². The Hall–Kier alpha value is -3.35. The molecule has 0 radical (unpaired) electrons. The van der Waals surface area contributed by atoms with Crippen LogP contribution in [-0.4, -0.2) is 41.7 Å². The molecule has 0 saturated heterocycles. The van der Waals surface area contributed by atoms with Crippen LogP contribution in [0.1, 0.15) is 16.1 Å². The first-order chi connectivity index (χ1) is 12.7. The standard InChI is InChI=1S/C19H20N4O3/c1-25-17-9-8-14(12-18(17)26-2)10-11-20-19(24)16-13-21-23(22-16)15-6-4-3-5-7-15/h3-9,12-13H,10-11H2,1-2H3,(H,20,24). The van der Waals surface area contributed by atoms with Crippen molar-refractivity contribution in [2.24, 2.45) is 0 Å². The van der Waals surface area contributed by atoms with Gasteiger partial charge in [0.2, 0.25) is 0 Å². The van der Waals surface area contributed by atoms with Crippen molar-refractivity contribution in [2.45, 2.75) is 6.42 Å². The lowest BCUT2D eigenvalue weighted by atomic mass is 10.1. The van der Waals surface area contributed by atoms with Crippen molar-refractivity contribution < 1.29 is 14.3 Å². The number of amides is 1. The Morgan fingerprint density at radius 3 is 2.58 bits per heavy atom. The number of carbonyl (C=O) groups is 1. The van der Waals surface area contributed by atoms with Gasteiger partial charge in [0.15, 0.2) is 17.2 Å². The number of carbonyl (C=O) groups excluding carboxylic acids is 1. The van der Waals surface area contributed by atoms with Crippen LogP contribution in [0.25, 0.3) is 5.69 Å². The Morgan fingerprint density at radius 2 is 1.85 bits per heavy atom. The maximum atomic E-state index is 12.2. The van der Waals surface area contributed by atoms with Crippen LogP contribution in [0.15, 0.2) is 54.7 Å². The summed E-state index contributed by atoms with van der Waals surface area (Å²) in [5, 5.41) is 11.2.